The van der Waals surface area contributed by atoms with Crippen LogP contribution in [0.3, 0.4) is 0 Å². The number of anilines is 1. The first-order chi connectivity index (χ1) is 11.0. The molecule has 0 saturated heterocycles. The third-order valence-corrected chi connectivity index (χ3v) is 3.40. The van der Waals surface area contributed by atoms with Crippen molar-refractivity contribution in [2.45, 2.75) is 13.3 Å². The van der Waals surface area contributed by atoms with E-state index in [1.165, 1.54) is 12.1 Å². The third kappa shape index (κ3) is 5.07. The normalized spacial score (nSPS) is 10.2. The molecule has 0 aliphatic carbocycles. The molecule has 0 fully saturated rings. The van der Waals surface area contributed by atoms with Crippen LogP contribution in [-0.2, 0) is 20.7 Å². The Bertz CT molecular complexity index is 734. The van der Waals surface area contributed by atoms with E-state index in [1.54, 1.807) is 0 Å². The van der Waals surface area contributed by atoms with Crippen molar-refractivity contribution in [3.8, 4) is 0 Å². The van der Waals surface area contributed by atoms with Gasteiger partial charge in [-0.3, -0.25) is 9.59 Å². The Balaban J connectivity index is 1.84. The lowest BCUT2D eigenvalue weighted by atomic mass is 10.1. The van der Waals surface area contributed by atoms with E-state index in [0.717, 1.165) is 17.2 Å². The van der Waals surface area contributed by atoms with Crippen LogP contribution in [0.15, 0.2) is 42.5 Å². The number of hydrogen-bond donors (Lipinski definition) is 1. The highest BCUT2D eigenvalue weighted by molar-refractivity contribution is 6.30. The van der Waals surface area contributed by atoms with Crippen LogP contribution >= 0.6 is 11.6 Å². The minimum absolute atomic E-state index is 0.0191. The van der Waals surface area contributed by atoms with E-state index >= 15 is 0 Å². The first-order valence-corrected chi connectivity index (χ1v) is 7.28. The molecular formula is C17H15ClFNO3. The average Bonchev–Trinajstić information content (AvgIpc) is 2.50. The summed E-state index contributed by atoms with van der Waals surface area (Å²) >= 11 is 5.62. The van der Waals surface area contributed by atoms with Gasteiger partial charge in [-0.15, -0.1) is 0 Å². The summed E-state index contributed by atoms with van der Waals surface area (Å²) in [5.74, 6) is -1.80. The summed E-state index contributed by atoms with van der Waals surface area (Å²) in [5.41, 5.74) is 1.79. The molecule has 0 aliphatic rings. The quantitative estimate of drug-likeness (QED) is 0.851. The lowest BCUT2D eigenvalue weighted by Gasteiger charge is -2.08. The summed E-state index contributed by atoms with van der Waals surface area (Å²) in [4.78, 5) is 23.4. The minimum atomic E-state index is -0.655. The molecule has 6 heteroatoms. The van der Waals surface area contributed by atoms with Gasteiger partial charge in [0, 0.05) is 5.02 Å². The van der Waals surface area contributed by atoms with Gasteiger partial charge in [-0.05, 0) is 36.2 Å². The highest BCUT2D eigenvalue weighted by Gasteiger charge is 2.11. The van der Waals surface area contributed by atoms with Gasteiger partial charge in [-0.2, -0.15) is 0 Å². The molecule has 2 aromatic carbocycles. The zero-order valence-corrected chi connectivity index (χ0v) is 13.2. The highest BCUT2D eigenvalue weighted by Crippen LogP contribution is 2.18. The summed E-state index contributed by atoms with van der Waals surface area (Å²) in [6.07, 6.45) is 0.0786. The zero-order chi connectivity index (χ0) is 16.8. The molecule has 0 aromatic heterocycles. The molecule has 120 valence electrons. The molecule has 0 heterocycles. The predicted octanol–water partition coefficient (Wildman–Crippen LogP) is 3.51. The maximum atomic E-state index is 13.5. The van der Waals surface area contributed by atoms with Crippen molar-refractivity contribution in [1.29, 1.82) is 0 Å². The molecule has 0 spiro atoms. The number of aryl methyl sites for hydroxylation is 1. The van der Waals surface area contributed by atoms with Gasteiger partial charge >= 0.3 is 5.97 Å². The molecule has 0 radical (unpaired) electrons. The predicted molar refractivity (Wildman–Crippen MR) is 85.9 cm³/mol. The van der Waals surface area contributed by atoms with Crippen molar-refractivity contribution in [3.63, 3.8) is 0 Å². The van der Waals surface area contributed by atoms with Crippen LogP contribution in [0.5, 0.6) is 0 Å². The summed E-state index contributed by atoms with van der Waals surface area (Å²) < 4.78 is 18.4. The number of halogens is 2. The van der Waals surface area contributed by atoms with Crippen molar-refractivity contribution >= 4 is 29.2 Å². The van der Waals surface area contributed by atoms with Crippen molar-refractivity contribution in [1.82, 2.24) is 0 Å². The van der Waals surface area contributed by atoms with E-state index in [9.17, 15) is 14.0 Å². The van der Waals surface area contributed by atoms with Crippen LogP contribution in [0.25, 0.3) is 0 Å². The van der Waals surface area contributed by atoms with Gasteiger partial charge in [0.1, 0.15) is 5.82 Å². The Morgan fingerprint density at radius 3 is 2.65 bits per heavy atom. The van der Waals surface area contributed by atoms with Gasteiger partial charge in [-0.1, -0.05) is 35.9 Å². The molecule has 23 heavy (non-hydrogen) atoms. The topological polar surface area (TPSA) is 55.4 Å². The maximum Gasteiger partial charge on any atom is 0.310 e. The van der Waals surface area contributed by atoms with Crippen LogP contribution in [0, 0.1) is 12.7 Å². The van der Waals surface area contributed by atoms with Crippen molar-refractivity contribution in [2.24, 2.45) is 0 Å². The fourth-order valence-corrected chi connectivity index (χ4v) is 2.10. The molecule has 0 unspecified atom stereocenters. The smallest absolute Gasteiger partial charge is 0.310 e. The number of esters is 1. The van der Waals surface area contributed by atoms with Gasteiger partial charge < -0.3 is 10.1 Å². The van der Waals surface area contributed by atoms with E-state index in [2.05, 4.69) is 5.32 Å². The number of ether oxygens (including phenoxy) is 1. The lowest BCUT2D eigenvalue weighted by molar-refractivity contribution is -0.146. The zero-order valence-electron chi connectivity index (χ0n) is 12.4. The molecular weight excluding hydrogens is 321 g/mol. The van der Waals surface area contributed by atoms with Crippen molar-refractivity contribution in [2.75, 3.05) is 11.9 Å². The van der Waals surface area contributed by atoms with E-state index in [1.807, 2.05) is 31.2 Å². The highest BCUT2D eigenvalue weighted by atomic mass is 35.5. The number of nitrogens with one attached hydrogen (secondary N) is 1. The minimum Gasteiger partial charge on any atom is -0.455 e. The first-order valence-electron chi connectivity index (χ1n) is 6.91. The second-order valence-corrected chi connectivity index (χ2v) is 5.37. The molecule has 2 rings (SSSR count). The third-order valence-electron chi connectivity index (χ3n) is 3.17. The Labute approximate surface area is 138 Å². The molecule has 0 bridgehead atoms. The fraction of sp³-hybridized carbons (Fsp3) is 0.176. The number of benzene rings is 2. The standard InChI is InChI=1S/C17H15ClFNO3/c1-11-4-2-3-5-12(11)8-17(22)23-10-16(21)20-15-7-6-13(18)9-14(15)19/h2-7,9H,8,10H2,1H3,(H,20,21). The number of rotatable bonds is 5. The number of hydrogen-bond acceptors (Lipinski definition) is 3. The second kappa shape index (κ2) is 7.74. The van der Waals surface area contributed by atoms with Crippen LogP contribution in [-0.4, -0.2) is 18.5 Å². The summed E-state index contributed by atoms with van der Waals surface area (Å²) in [6.45, 7) is 1.41. The maximum absolute atomic E-state index is 13.5. The van der Waals surface area contributed by atoms with E-state index in [4.69, 9.17) is 16.3 Å². The number of carbonyl (C=O) groups is 2. The van der Waals surface area contributed by atoms with E-state index in [0.29, 0.717) is 0 Å². The molecule has 1 N–H and O–H groups in total. The summed E-state index contributed by atoms with van der Waals surface area (Å²) in [5, 5.41) is 2.55. The first kappa shape index (κ1) is 17.0. The molecule has 4 nitrogen and oxygen atoms in total. The molecule has 1 amide bonds. The molecule has 0 aliphatic heterocycles. The largest absolute Gasteiger partial charge is 0.455 e. The number of carbonyl (C=O) groups excluding carboxylic acids is 2. The van der Waals surface area contributed by atoms with Gasteiger partial charge in [0.25, 0.3) is 5.91 Å². The van der Waals surface area contributed by atoms with Crippen LogP contribution in [0.1, 0.15) is 11.1 Å². The molecule has 2 aromatic rings. The second-order valence-electron chi connectivity index (χ2n) is 4.94. The van der Waals surface area contributed by atoms with Gasteiger partial charge in [0.15, 0.2) is 6.61 Å². The summed E-state index contributed by atoms with van der Waals surface area (Å²) in [7, 11) is 0. The van der Waals surface area contributed by atoms with Crippen LogP contribution in [0.4, 0.5) is 10.1 Å². The van der Waals surface area contributed by atoms with E-state index in [-0.39, 0.29) is 17.1 Å². The Morgan fingerprint density at radius 1 is 1.22 bits per heavy atom. The Morgan fingerprint density at radius 2 is 1.96 bits per heavy atom. The van der Waals surface area contributed by atoms with Crippen LogP contribution < -0.4 is 5.32 Å². The monoisotopic (exact) mass is 335 g/mol. The average molecular weight is 336 g/mol. The van der Waals surface area contributed by atoms with Gasteiger partial charge in [-0.25, -0.2) is 4.39 Å². The summed E-state index contributed by atoms with van der Waals surface area (Å²) in [6, 6.07) is 11.3. The Hall–Kier alpha value is -2.40. The Kier molecular flexibility index (Phi) is 5.71. The van der Waals surface area contributed by atoms with E-state index < -0.39 is 24.3 Å². The fourth-order valence-electron chi connectivity index (χ4n) is 1.94. The lowest BCUT2D eigenvalue weighted by Crippen LogP contribution is -2.22. The van der Waals surface area contributed by atoms with Gasteiger partial charge in [0.05, 0.1) is 12.1 Å². The molecule has 0 saturated carbocycles. The van der Waals surface area contributed by atoms with Crippen LogP contribution in [0.2, 0.25) is 5.02 Å². The van der Waals surface area contributed by atoms with Crippen molar-refractivity contribution in [3.05, 3.63) is 64.4 Å². The SMILES string of the molecule is Cc1ccccc1CC(=O)OCC(=O)Nc1ccc(Cl)cc1F. The number of amides is 1. The van der Waals surface area contributed by atoms with Crippen molar-refractivity contribution < 1.29 is 18.7 Å². The molecule has 0 atom stereocenters. The van der Waals surface area contributed by atoms with Gasteiger partial charge in [0.2, 0.25) is 0 Å².